The van der Waals surface area contributed by atoms with Crippen LogP contribution in [0.1, 0.15) is 5.56 Å². The van der Waals surface area contributed by atoms with Gasteiger partial charge in [-0.3, -0.25) is 0 Å². The Morgan fingerprint density at radius 2 is 1.95 bits per heavy atom. The maximum absolute atomic E-state index is 12.9. The first-order valence-electron chi connectivity index (χ1n) is 6.60. The van der Waals surface area contributed by atoms with Crippen LogP contribution in [0.5, 0.6) is 0 Å². The minimum Gasteiger partial charge on any atom is -0.383 e. The minimum absolute atomic E-state index is 0.212. The number of hydrogen-bond donors (Lipinski definition) is 1. The van der Waals surface area contributed by atoms with Crippen molar-refractivity contribution in [3.05, 3.63) is 58.3 Å². The molecule has 0 spiro atoms. The molecule has 1 N–H and O–H groups in total. The lowest BCUT2D eigenvalue weighted by Gasteiger charge is -2.08. The highest BCUT2D eigenvalue weighted by molar-refractivity contribution is 9.10. The monoisotopic (exact) mass is 369 g/mol. The molecule has 0 unspecified atom stereocenters. The summed E-state index contributed by atoms with van der Waals surface area (Å²) in [5.74, 6) is -0.212. The third-order valence-corrected chi connectivity index (χ3v) is 4.85. The van der Waals surface area contributed by atoms with Crippen LogP contribution in [0.3, 0.4) is 0 Å². The summed E-state index contributed by atoms with van der Waals surface area (Å²) in [5.41, 5.74) is 1.21. The second kappa shape index (κ2) is 8.54. The molecule has 0 bridgehead atoms. The SMILES string of the molecule is COCCNCc1ccc(Sc2ccc(F)cc2)c(Br)c1. The highest BCUT2D eigenvalue weighted by Crippen LogP contribution is 2.34. The third-order valence-electron chi connectivity index (χ3n) is 2.85. The van der Waals surface area contributed by atoms with Gasteiger partial charge in [0.15, 0.2) is 0 Å². The van der Waals surface area contributed by atoms with E-state index in [9.17, 15) is 4.39 Å². The average molecular weight is 370 g/mol. The number of hydrogen-bond acceptors (Lipinski definition) is 3. The largest absolute Gasteiger partial charge is 0.383 e. The Labute approximate surface area is 137 Å². The molecule has 0 atom stereocenters. The van der Waals surface area contributed by atoms with Crippen molar-refractivity contribution in [3.63, 3.8) is 0 Å². The van der Waals surface area contributed by atoms with Crippen molar-refractivity contribution in [2.24, 2.45) is 0 Å². The Kier molecular flexibility index (Phi) is 6.70. The van der Waals surface area contributed by atoms with Crippen molar-refractivity contribution >= 4 is 27.7 Å². The topological polar surface area (TPSA) is 21.3 Å². The fourth-order valence-corrected chi connectivity index (χ4v) is 3.26. The van der Waals surface area contributed by atoms with Crippen LogP contribution < -0.4 is 5.32 Å². The minimum atomic E-state index is -0.212. The van der Waals surface area contributed by atoms with E-state index in [1.165, 1.54) is 17.7 Å². The lowest BCUT2D eigenvalue weighted by atomic mass is 10.2. The second-order valence-electron chi connectivity index (χ2n) is 4.49. The van der Waals surface area contributed by atoms with Gasteiger partial charge in [-0.15, -0.1) is 0 Å². The van der Waals surface area contributed by atoms with E-state index in [1.54, 1.807) is 31.0 Å². The molecule has 0 fully saturated rings. The van der Waals surface area contributed by atoms with Crippen LogP contribution in [0.4, 0.5) is 4.39 Å². The van der Waals surface area contributed by atoms with Gasteiger partial charge < -0.3 is 10.1 Å². The normalized spacial score (nSPS) is 10.8. The number of methoxy groups -OCH3 is 1. The molecule has 21 heavy (non-hydrogen) atoms. The molecule has 0 aliphatic rings. The Bertz CT molecular complexity index is 577. The molecule has 2 nitrogen and oxygen atoms in total. The van der Waals surface area contributed by atoms with E-state index in [0.717, 1.165) is 27.4 Å². The van der Waals surface area contributed by atoms with Crippen LogP contribution in [0.15, 0.2) is 56.7 Å². The first-order chi connectivity index (χ1) is 10.2. The average Bonchev–Trinajstić information content (AvgIpc) is 2.48. The predicted octanol–water partition coefficient (Wildman–Crippen LogP) is 4.48. The molecule has 0 saturated heterocycles. The van der Waals surface area contributed by atoms with Crippen molar-refractivity contribution in [1.29, 1.82) is 0 Å². The first-order valence-corrected chi connectivity index (χ1v) is 8.21. The zero-order valence-corrected chi connectivity index (χ0v) is 14.1. The van der Waals surface area contributed by atoms with Gasteiger partial charge in [0.25, 0.3) is 0 Å². The lowest BCUT2D eigenvalue weighted by molar-refractivity contribution is 0.199. The van der Waals surface area contributed by atoms with Gasteiger partial charge in [-0.25, -0.2) is 4.39 Å². The third kappa shape index (κ3) is 5.43. The highest BCUT2D eigenvalue weighted by Gasteiger charge is 2.04. The maximum atomic E-state index is 12.9. The summed E-state index contributed by atoms with van der Waals surface area (Å²) in [6, 6.07) is 12.8. The van der Waals surface area contributed by atoms with E-state index in [4.69, 9.17) is 4.74 Å². The fraction of sp³-hybridized carbons (Fsp3) is 0.250. The van der Waals surface area contributed by atoms with Crippen LogP contribution in [-0.4, -0.2) is 20.3 Å². The van der Waals surface area contributed by atoms with Gasteiger partial charge >= 0.3 is 0 Å². The quantitative estimate of drug-likeness (QED) is 0.727. The van der Waals surface area contributed by atoms with E-state index in [2.05, 4.69) is 39.4 Å². The summed E-state index contributed by atoms with van der Waals surface area (Å²) in [6.07, 6.45) is 0. The molecular formula is C16H17BrFNOS. The molecule has 2 rings (SSSR count). The molecule has 5 heteroatoms. The summed E-state index contributed by atoms with van der Waals surface area (Å²) >= 11 is 5.20. The number of rotatable bonds is 7. The highest BCUT2D eigenvalue weighted by atomic mass is 79.9. The van der Waals surface area contributed by atoms with Gasteiger partial charge in [0, 0.05) is 34.5 Å². The summed E-state index contributed by atoms with van der Waals surface area (Å²) in [6.45, 7) is 2.35. The van der Waals surface area contributed by atoms with E-state index < -0.39 is 0 Å². The van der Waals surface area contributed by atoms with Crippen molar-refractivity contribution in [2.75, 3.05) is 20.3 Å². The Hall–Kier alpha value is -0.880. The predicted molar refractivity (Wildman–Crippen MR) is 88.2 cm³/mol. The summed E-state index contributed by atoms with van der Waals surface area (Å²) in [5, 5.41) is 3.31. The van der Waals surface area contributed by atoms with E-state index in [-0.39, 0.29) is 5.82 Å². The van der Waals surface area contributed by atoms with Gasteiger partial charge in [0.1, 0.15) is 5.82 Å². The maximum Gasteiger partial charge on any atom is 0.123 e. The molecule has 0 amide bonds. The van der Waals surface area contributed by atoms with Crippen molar-refractivity contribution < 1.29 is 9.13 Å². The van der Waals surface area contributed by atoms with Crippen LogP contribution in [0.25, 0.3) is 0 Å². The Morgan fingerprint density at radius 1 is 1.19 bits per heavy atom. The van der Waals surface area contributed by atoms with Crippen LogP contribution in [-0.2, 0) is 11.3 Å². The zero-order chi connectivity index (χ0) is 15.1. The Morgan fingerprint density at radius 3 is 2.62 bits per heavy atom. The summed E-state index contributed by atoms with van der Waals surface area (Å²) in [4.78, 5) is 2.13. The molecule has 0 aliphatic carbocycles. The molecule has 2 aromatic rings. The van der Waals surface area contributed by atoms with Crippen LogP contribution in [0.2, 0.25) is 0 Å². The van der Waals surface area contributed by atoms with Gasteiger partial charge in [-0.2, -0.15) is 0 Å². The van der Waals surface area contributed by atoms with Crippen LogP contribution >= 0.6 is 27.7 Å². The van der Waals surface area contributed by atoms with Crippen molar-refractivity contribution in [1.82, 2.24) is 5.32 Å². The first kappa shape index (κ1) is 16.5. The second-order valence-corrected chi connectivity index (χ2v) is 6.46. The fourth-order valence-electron chi connectivity index (χ4n) is 1.77. The zero-order valence-electron chi connectivity index (χ0n) is 11.7. The number of ether oxygens (including phenoxy) is 1. The molecule has 0 heterocycles. The molecule has 0 radical (unpaired) electrons. The number of nitrogens with one attached hydrogen (secondary N) is 1. The standard InChI is InChI=1S/C16H17BrFNOS/c1-20-9-8-19-11-12-2-7-16(15(17)10-12)21-14-5-3-13(18)4-6-14/h2-7,10,19H,8-9,11H2,1H3. The molecule has 0 aliphatic heterocycles. The van der Waals surface area contributed by atoms with Gasteiger partial charge in [0.2, 0.25) is 0 Å². The Balaban J connectivity index is 1.97. The summed E-state index contributed by atoms with van der Waals surface area (Å²) < 4.78 is 18.9. The van der Waals surface area contributed by atoms with Gasteiger partial charge in [0.05, 0.1) is 6.61 Å². The van der Waals surface area contributed by atoms with Gasteiger partial charge in [-0.05, 0) is 57.9 Å². The van der Waals surface area contributed by atoms with E-state index >= 15 is 0 Å². The smallest absolute Gasteiger partial charge is 0.123 e. The van der Waals surface area contributed by atoms with Crippen LogP contribution in [0, 0.1) is 5.82 Å². The van der Waals surface area contributed by atoms with E-state index in [0.29, 0.717) is 6.61 Å². The van der Waals surface area contributed by atoms with Crippen molar-refractivity contribution in [2.45, 2.75) is 16.3 Å². The number of benzene rings is 2. The molecule has 0 aromatic heterocycles. The summed E-state index contributed by atoms with van der Waals surface area (Å²) in [7, 11) is 1.69. The molecular weight excluding hydrogens is 353 g/mol. The number of halogens is 2. The van der Waals surface area contributed by atoms with Crippen molar-refractivity contribution in [3.8, 4) is 0 Å². The van der Waals surface area contributed by atoms with E-state index in [1.807, 2.05) is 0 Å². The lowest BCUT2D eigenvalue weighted by Crippen LogP contribution is -2.18. The van der Waals surface area contributed by atoms with Gasteiger partial charge in [-0.1, -0.05) is 17.8 Å². The molecule has 2 aromatic carbocycles. The molecule has 0 saturated carbocycles. The molecule has 112 valence electrons.